The van der Waals surface area contributed by atoms with Crippen LogP contribution in [0.25, 0.3) is 0 Å². The average molecular weight is 456 g/mol. The third kappa shape index (κ3) is 7.93. The molecule has 164 valence electrons. The molecule has 2 aromatic rings. The predicted octanol–water partition coefficient (Wildman–Crippen LogP) is 3.51. The zero-order chi connectivity index (χ0) is 20.9. The Morgan fingerprint density at radius 1 is 1.10 bits per heavy atom. The Balaban J connectivity index is 0.00000320. The van der Waals surface area contributed by atoms with E-state index in [9.17, 15) is 17.6 Å². The minimum absolute atomic E-state index is 0. The molecule has 3 rings (SSSR count). The fourth-order valence-corrected chi connectivity index (χ4v) is 4.14. The molecule has 30 heavy (non-hydrogen) atoms. The van der Waals surface area contributed by atoms with Gasteiger partial charge in [-0.3, -0.25) is 14.4 Å². The number of amides is 1. The molecule has 0 unspecified atom stereocenters. The van der Waals surface area contributed by atoms with Crippen LogP contribution in [-0.2, 0) is 21.2 Å². The van der Waals surface area contributed by atoms with Crippen molar-refractivity contribution in [3.63, 3.8) is 0 Å². The van der Waals surface area contributed by atoms with E-state index in [1.54, 1.807) is 24.3 Å². The lowest BCUT2D eigenvalue weighted by atomic mass is 9.90. The molecule has 0 aromatic heterocycles. The topological polar surface area (TPSA) is 78.5 Å². The highest BCUT2D eigenvalue weighted by Crippen LogP contribution is 2.22. The van der Waals surface area contributed by atoms with E-state index in [0.29, 0.717) is 23.8 Å². The molecule has 2 N–H and O–H groups in total. The summed E-state index contributed by atoms with van der Waals surface area (Å²) < 4.78 is 38.1. The number of nitrogens with zero attached hydrogens (tertiary/aromatic N) is 1. The Bertz CT molecular complexity index is 946. The Morgan fingerprint density at radius 3 is 2.37 bits per heavy atom. The van der Waals surface area contributed by atoms with Gasteiger partial charge in [-0.1, -0.05) is 18.2 Å². The molecule has 1 saturated heterocycles. The van der Waals surface area contributed by atoms with Gasteiger partial charge in [0, 0.05) is 5.69 Å². The van der Waals surface area contributed by atoms with Crippen LogP contribution in [0.1, 0.15) is 18.4 Å². The van der Waals surface area contributed by atoms with Crippen LogP contribution in [0.15, 0.2) is 48.5 Å². The normalized spacial score (nSPS) is 15.3. The number of nitrogens with one attached hydrogen (secondary N) is 2. The van der Waals surface area contributed by atoms with Crippen molar-refractivity contribution in [1.29, 1.82) is 0 Å². The van der Waals surface area contributed by atoms with Crippen molar-refractivity contribution in [1.82, 2.24) is 4.90 Å². The molecule has 9 heteroatoms. The van der Waals surface area contributed by atoms with Crippen molar-refractivity contribution in [2.24, 2.45) is 5.92 Å². The number of piperidine rings is 1. The number of carbonyl (C=O) groups excluding carboxylic acids is 1. The third-order valence-corrected chi connectivity index (χ3v) is 5.57. The first-order chi connectivity index (χ1) is 13.8. The van der Waals surface area contributed by atoms with Gasteiger partial charge in [0.15, 0.2) is 0 Å². The van der Waals surface area contributed by atoms with Crippen LogP contribution in [0, 0.1) is 11.7 Å². The Morgan fingerprint density at radius 2 is 1.73 bits per heavy atom. The molecular weight excluding hydrogens is 429 g/mol. The van der Waals surface area contributed by atoms with E-state index in [0.717, 1.165) is 44.2 Å². The monoisotopic (exact) mass is 455 g/mol. The highest BCUT2D eigenvalue weighted by atomic mass is 35.5. The summed E-state index contributed by atoms with van der Waals surface area (Å²) in [6.45, 7) is 1.98. The minimum atomic E-state index is -3.36. The molecule has 1 aliphatic heterocycles. The summed E-state index contributed by atoms with van der Waals surface area (Å²) in [5, 5.41) is 2.82. The number of carbonyl (C=O) groups is 1. The quantitative estimate of drug-likeness (QED) is 0.669. The van der Waals surface area contributed by atoms with E-state index in [2.05, 4.69) is 14.9 Å². The summed E-state index contributed by atoms with van der Waals surface area (Å²) in [6, 6.07) is 13.3. The molecule has 1 amide bonds. The third-order valence-electron chi connectivity index (χ3n) is 4.96. The van der Waals surface area contributed by atoms with Gasteiger partial charge in [-0.25, -0.2) is 12.8 Å². The largest absolute Gasteiger partial charge is 0.325 e. The van der Waals surface area contributed by atoms with Crippen molar-refractivity contribution < 1.29 is 17.6 Å². The molecule has 0 bridgehead atoms. The molecule has 2 aromatic carbocycles. The second kappa shape index (κ2) is 10.7. The predicted molar refractivity (Wildman–Crippen MR) is 120 cm³/mol. The summed E-state index contributed by atoms with van der Waals surface area (Å²) in [5.74, 6) is 0.198. The van der Waals surface area contributed by atoms with Crippen LogP contribution in [0.3, 0.4) is 0 Å². The van der Waals surface area contributed by atoms with E-state index in [4.69, 9.17) is 0 Å². The highest BCUT2D eigenvalue weighted by Gasteiger charge is 2.21. The van der Waals surface area contributed by atoms with Gasteiger partial charge in [-0.15, -0.1) is 12.4 Å². The minimum Gasteiger partial charge on any atom is -0.325 e. The number of halogens is 2. The maximum atomic E-state index is 13.0. The fourth-order valence-electron chi connectivity index (χ4n) is 3.58. The summed E-state index contributed by atoms with van der Waals surface area (Å²) in [6.07, 6.45) is 4.01. The number of likely N-dealkylation sites (tertiary alicyclic amines) is 1. The van der Waals surface area contributed by atoms with Gasteiger partial charge >= 0.3 is 0 Å². The van der Waals surface area contributed by atoms with Gasteiger partial charge in [0.2, 0.25) is 15.9 Å². The summed E-state index contributed by atoms with van der Waals surface area (Å²) >= 11 is 0. The molecule has 0 aliphatic carbocycles. The van der Waals surface area contributed by atoms with E-state index in [-0.39, 0.29) is 24.1 Å². The zero-order valence-corrected chi connectivity index (χ0v) is 18.4. The maximum Gasteiger partial charge on any atom is 0.238 e. The van der Waals surface area contributed by atoms with Gasteiger partial charge in [-0.2, -0.15) is 0 Å². The SMILES string of the molecule is CS(=O)(=O)Nc1cccc(NC(=O)CN2CCC(Cc3ccc(F)cc3)CC2)c1.Cl. The Labute approximate surface area is 183 Å². The van der Waals surface area contributed by atoms with Gasteiger partial charge < -0.3 is 5.32 Å². The van der Waals surface area contributed by atoms with Gasteiger partial charge in [0.05, 0.1) is 18.5 Å². The molecule has 1 aliphatic rings. The van der Waals surface area contributed by atoms with Crippen molar-refractivity contribution in [2.45, 2.75) is 19.3 Å². The van der Waals surface area contributed by atoms with Gasteiger partial charge in [-0.05, 0) is 74.2 Å². The second-order valence-corrected chi connectivity index (χ2v) is 9.30. The maximum absolute atomic E-state index is 13.0. The number of sulfonamides is 1. The van der Waals surface area contributed by atoms with Gasteiger partial charge in [0.25, 0.3) is 0 Å². The molecule has 1 heterocycles. The van der Waals surface area contributed by atoms with E-state index in [1.165, 1.54) is 12.1 Å². The van der Waals surface area contributed by atoms with Crippen molar-refractivity contribution in [3.8, 4) is 0 Å². The standard InChI is InChI=1S/C21H26FN3O3S.ClH/c1-29(27,28)24-20-4-2-3-19(14-20)23-21(26)15-25-11-9-17(10-12-25)13-16-5-7-18(22)8-6-16;/h2-8,14,17,24H,9-13,15H2,1H3,(H,23,26);1H. The summed E-state index contributed by atoms with van der Waals surface area (Å²) in [4.78, 5) is 14.5. The number of anilines is 2. The molecule has 0 saturated carbocycles. The van der Waals surface area contributed by atoms with E-state index in [1.807, 2.05) is 12.1 Å². The van der Waals surface area contributed by atoms with Crippen LogP contribution in [0.2, 0.25) is 0 Å². The Kier molecular flexibility index (Phi) is 8.64. The lowest BCUT2D eigenvalue weighted by Gasteiger charge is -2.31. The van der Waals surface area contributed by atoms with Crippen molar-refractivity contribution >= 4 is 39.7 Å². The second-order valence-electron chi connectivity index (χ2n) is 7.55. The van der Waals surface area contributed by atoms with Crippen LogP contribution in [0.4, 0.5) is 15.8 Å². The number of rotatable bonds is 7. The molecule has 0 spiro atoms. The first-order valence-corrected chi connectivity index (χ1v) is 11.5. The first kappa shape index (κ1) is 24.1. The lowest BCUT2D eigenvalue weighted by Crippen LogP contribution is -2.39. The van der Waals surface area contributed by atoms with Gasteiger partial charge in [0.1, 0.15) is 5.82 Å². The van der Waals surface area contributed by atoms with Crippen LogP contribution in [-0.4, -0.2) is 45.1 Å². The molecule has 1 fully saturated rings. The number of benzene rings is 2. The van der Waals surface area contributed by atoms with Crippen LogP contribution < -0.4 is 10.0 Å². The summed E-state index contributed by atoms with van der Waals surface area (Å²) in [5.41, 5.74) is 2.10. The smallest absolute Gasteiger partial charge is 0.238 e. The fraction of sp³-hybridized carbons (Fsp3) is 0.381. The highest BCUT2D eigenvalue weighted by molar-refractivity contribution is 7.92. The average Bonchev–Trinajstić information content (AvgIpc) is 2.64. The lowest BCUT2D eigenvalue weighted by molar-refractivity contribution is -0.117. The van der Waals surface area contributed by atoms with Crippen LogP contribution >= 0.6 is 12.4 Å². The molecule has 0 radical (unpaired) electrons. The van der Waals surface area contributed by atoms with E-state index < -0.39 is 10.0 Å². The number of hydrogen-bond acceptors (Lipinski definition) is 4. The Hall–Kier alpha value is -2.16. The van der Waals surface area contributed by atoms with E-state index >= 15 is 0 Å². The van der Waals surface area contributed by atoms with Crippen LogP contribution in [0.5, 0.6) is 0 Å². The zero-order valence-electron chi connectivity index (χ0n) is 16.8. The molecule has 0 atom stereocenters. The first-order valence-electron chi connectivity index (χ1n) is 9.61. The van der Waals surface area contributed by atoms with Crippen molar-refractivity contribution in [2.75, 3.05) is 35.9 Å². The molecular formula is C21H27ClFN3O3S. The van der Waals surface area contributed by atoms with Crippen molar-refractivity contribution in [3.05, 3.63) is 59.9 Å². The summed E-state index contributed by atoms with van der Waals surface area (Å²) in [7, 11) is -3.36. The molecule has 6 nitrogen and oxygen atoms in total. The number of hydrogen-bond donors (Lipinski definition) is 2.